The van der Waals surface area contributed by atoms with E-state index in [1.165, 1.54) is 19.3 Å². The van der Waals surface area contributed by atoms with Crippen molar-refractivity contribution in [2.24, 2.45) is 5.92 Å². The van der Waals surface area contributed by atoms with Gasteiger partial charge in [-0.1, -0.05) is 25.3 Å². The highest BCUT2D eigenvalue weighted by atomic mass is 16.6. The molecule has 1 aliphatic heterocycles. The van der Waals surface area contributed by atoms with Gasteiger partial charge in [-0.05, 0) is 31.8 Å². The molecule has 2 rings (SSSR count). The molecule has 0 bridgehead atoms. The van der Waals surface area contributed by atoms with E-state index in [2.05, 4.69) is 0 Å². The lowest BCUT2D eigenvalue weighted by atomic mass is 9.83. The molecule has 0 aromatic rings. The summed E-state index contributed by atoms with van der Waals surface area (Å²) in [6, 6.07) is 0. The molecule has 0 aromatic heterocycles. The first-order valence-corrected chi connectivity index (χ1v) is 6.89. The van der Waals surface area contributed by atoms with Gasteiger partial charge in [0.1, 0.15) is 0 Å². The van der Waals surface area contributed by atoms with Crippen LogP contribution in [0.25, 0.3) is 0 Å². The molecule has 1 saturated heterocycles. The van der Waals surface area contributed by atoms with Gasteiger partial charge in [0.15, 0.2) is 0 Å². The minimum absolute atomic E-state index is 0.114. The van der Waals surface area contributed by atoms with Crippen molar-refractivity contribution in [2.45, 2.75) is 32.1 Å². The van der Waals surface area contributed by atoms with E-state index in [0.717, 1.165) is 12.8 Å². The zero-order chi connectivity index (χ0) is 13.7. The van der Waals surface area contributed by atoms with Gasteiger partial charge < -0.3 is 9.31 Å². The highest BCUT2D eigenvalue weighted by Crippen LogP contribution is 2.24. The molecule has 0 amide bonds. The van der Waals surface area contributed by atoms with Gasteiger partial charge >= 0.3 is 19.1 Å². The maximum absolute atomic E-state index is 11.5. The van der Waals surface area contributed by atoms with E-state index >= 15 is 0 Å². The molecule has 1 aliphatic carbocycles. The summed E-state index contributed by atoms with van der Waals surface area (Å²) in [5.41, 5.74) is 0. The fraction of sp³-hybridized carbons (Fsp3) is 0.692. The Bertz CT molecular complexity index is 346. The number of rotatable bonds is 2. The Morgan fingerprint density at radius 1 is 1.11 bits per heavy atom. The molecule has 6 heteroatoms. The number of likely N-dealkylation sites (N-methyl/N-ethyl adjacent to an activating group) is 1. The highest BCUT2D eigenvalue weighted by molar-refractivity contribution is 6.54. The van der Waals surface area contributed by atoms with E-state index in [0.29, 0.717) is 5.92 Å². The fourth-order valence-electron chi connectivity index (χ4n) is 2.51. The van der Waals surface area contributed by atoms with Crippen LogP contribution in [0.2, 0.25) is 0 Å². The van der Waals surface area contributed by atoms with Crippen LogP contribution in [-0.4, -0.2) is 44.1 Å². The first-order valence-electron chi connectivity index (χ1n) is 6.89. The molecular formula is C13H20BNO4. The summed E-state index contributed by atoms with van der Waals surface area (Å²) in [6.07, 6.45) is 8.12. The number of hydrogen-bond donors (Lipinski definition) is 0. The molecule has 1 heterocycles. The second-order valence-corrected chi connectivity index (χ2v) is 5.30. The number of nitrogens with zero attached hydrogens (tertiary/aromatic N) is 1. The summed E-state index contributed by atoms with van der Waals surface area (Å²) in [6.45, 7) is 0.228. The summed E-state index contributed by atoms with van der Waals surface area (Å²) in [7, 11) is 0.816. The van der Waals surface area contributed by atoms with Crippen molar-refractivity contribution >= 4 is 19.1 Å². The predicted octanol–water partition coefficient (Wildman–Crippen LogP) is 1.18. The van der Waals surface area contributed by atoms with Crippen molar-refractivity contribution in [3.8, 4) is 0 Å². The maximum atomic E-state index is 11.5. The van der Waals surface area contributed by atoms with Gasteiger partial charge in [-0.2, -0.15) is 0 Å². The molecule has 0 unspecified atom stereocenters. The number of carbonyl (C=O) groups is 2. The summed E-state index contributed by atoms with van der Waals surface area (Å²) in [5.74, 6) is 1.48. The topological polar surface area (TPSA) is 55.8 Å². The normalized spacial score (nSPS) is 23.9. The third kappa shape index (κ3) is 4.71. The van der Waals surface area contributed by atoms with Gasteiger partial charge in [0.25, 0.3) is 0 Å². The number of allylic oxidation sites excluding steroid dienone is 1. The number of hydrogen-bond acceptors (Lipinski definition) is 5. The molecular weight excluding hydrogens is 245 g/mol. The largest absolute Gasteiger partial charge is 0.628 e. The smallest absolute Gasteiger partial charge is 0.495 e. The van der Waals surface area contributed by atoms with Crippen LogP contribution in [0.5, 0.6) is 0 Å². The first kappa shape index (κ1) is 14.1. The second kappa shape index (κ2) is 6.75. The monoisotopic (exact) mass is 265 g/mol. The van der Waals surface area contributed by atoms with E-state index in [4.69, 9.17) is 9.31 Å². The van der Waals surface area contributed by atoms with Gasteiger partial charge in [-0.3, -0.25) is 14.5 Å². The molecule has 1 saturated carbocycles. The Hall–Kier alpha value is -1.30. The third-order valence-corrected chi connectivity index (χ3v) is 3.48. The van der Waals surface area contributed by atoms with Crippen LogP contribution >= 0.6 is 0 Å². The Morgan fingerprint density at radius 3 is 2.26 bits per heavy atom. The van der Waals surface area contributed by atoms with Crippen LogP contribution < -0.4 is 0 Å². The fourth-order valence-corrected chi connectivity index (χ4v) is 2.51. The summed E-state index contributed by atoms with van der Waals surface area (Å²) in [5, 5.41) is 0. The Labute approximate surface area is 114 Å². The summed E-state index contributed by atoms with van der Waals surface area (Å²) < 4.78 is 10.2. The van der Waals surface area contributed by atoms with Crippen LogP contribution in [0.4, 0.5) is 0 Å². The van der Waals surface area contributed by atoms with Crippen LogP contribution in [0.3, 0.4) is 0 Å². The minimum atomic E-state index is -0.865. The zero-order valence-electron chi connectivity index (χ0n) is 11.3. The standard InChI is InChI=1S/C13H20BNO4/c1-15-9-12(16)18-14(19-13(17)10-15)8-7-11-5-3-2-4-6-11/h7-8,11H,2-6,9-10H2,1H3. The Kier molecular flexibility index (Phi) is 5.02. The van der Waals surface area contributed by atoms with Gasteiger partial charge in [0, 0.05) is 0 Å². The lowest BCUT2D eigenvalue weighted by molar-refractivity contribution is -0.145. The molecule has 104 valence electrons. The van der Waals surface area contributed by atoms with Crippen molar-refractivity contribution in [1.29, 1.82) is 0 Å². The molecule has 19 heavy (non-hydrogen) atoms. The van der Waals surface area contributed by atoms with Crippen LogP contribution in [-0.2, 0) is 18.9 Å². The van der Waals surface area contributed by atoms with E-state index in [-0.39, 0.29) is 25.0 Å². The number of carbonyl (C=O) groups excluding carboxylic acids is 2. The Balaban J connectivity index is 1.91. The molecule has 0 spiro atoms. The van der Waals surface area contributed by atoms with E-state index < -0.39 is 7.12 Å². The van der Waals surface area contributed by atoms with Crippen molar-refractivity contribution in [3.63, 3.8) is 0 Å². The molecule has 0 radical (unpaired) electrons. The van der Waals surface area contributed by atoms with Crippen LogP contribution in [0.1, 0.15) is 32.1 Å². The quantitative estimate of drug-likeness (QED) is 0.702. The third-order valence-electron chi connectivity index (χ3n) is 3.48. The Morgan fingerprint density at radius 2 is 1.68 bits per heavy atom. The first-order chi connectivity index (χ1) is 9.13. The molecule has 2 aliphatic rings. The molecule has 0 atom stereocenters. The lowest BCUT2D eigenvalue weighted by Crippen LogP contribution is -2.41. The van der Waals surface area contributed by atoms with E-state index in [9.17, 15) is 9.59 Å². The molecule has 2 fully saturated rings. The van der Waals surface area contributed by atoms with E-state index in [1.807, 2.05) is 6.08 Å². The van der Waals surface area contributed by atoms with Gasteiger partial charge in [-0.25, -0.2) is 0 Å². The van der Waals surface area contributed by atoms with E-state index in [1.54, 1.807) is 17.9 Å². The highest BCUT2D eigenvalue weighted by Gasteiger charge is 2.29. The van der Waals surface area contributed by atoms with Gasteiger partial charge in [-0.15, -0.1) is 0 Å². The lowest BCUT2D eigenvalue weighted by Gasteiger charge is -2.22. The predicted molar refractivity (Wildman–Crippen MR) is 71.2 cm³/mol. The minimum Gasteiger partial charge on any atom is -0.495 e. The zero-order valence-corrected chi connectivity index (χ0v) is 11.3. The van der Waals surface area contributed by atoms with Crippen LogP contribution in [0.15, 0.2) is 12.1 Å². The summed E-state index contributed by atoms with van der Waals surface area (Å²) >= 11 is 0. The maximum Gasteiger partial charge on any atom is 0.628 e. The van der Waals surface area contributed by atoms with Gasteiger partial charge in [0.05, 0.1) is 13.1 Å². The summed E-state index contributed by atoms with van der Waals surface area (Å²) in [4.78, 5) is 24.6. The average Bonchev–Trinajstić information content (AvgIpc) is 2.35. The second-order valence-electron chi connectivity index (χ2n) is 5.30. The van der Waals surface area contributed by atoms with Crippen molar-refractivity contribution in [2.75, 3.05) is 20.1 Å². The molecule has 0 N–H and O–H groups in total. The van der Waals surface area contributed by atoms with Crippen LogP contribution in [0, 0.1) is 5.92 Å². The SMILES string of the molecule is CN1CC(=O)OB(C=CC2CCCCC2)OC(=O)C1. The molecule has 0 aromatic carbocycles. The molecule has 5 nitrogen and oxygen atoms in total. The van der Waals surface area contributed by atoms with Crippen molar-refractivity contribution < 1.29 is 18.9 Å². The van der Waals surface area contributed by atoms with Crippen molar-refractivity contribution in [3.05, 3.63) is 12.1 Å². The van der Waals surface area contributed by atoms with Crippen molar-refractivity contribution in [1.82, 2.24) is 4.90 Å². The average molecular weight is 265 g/mol. The van der Waals surface area contributed by atoms with Gasteiger partial charge in [0.2, 0.25) is 0 Å².